The predicted octanol–water partition coefficient (Wildman–Crippen LogP) is 3.17. The standard InChI is InChI=1S/C19H19ClN6O/c20-15-4-1-2-5-16(15)22-19(27)14-8-12-25(13-9-14)17-6-7-18(24-23-17)26-11-3-10-21-26/h1-7,10-11,14H,8-9,12-13H2,(H,22,27). The van der Waals surface area contributed by atoms with Gasteiger partial charge in [0.1, 0.15) is 0 Å². The number of carbonyl (C=O) groups excluding carboxylic acids is 1. The Morgan fingerprint density at radius 2 is 1.78 bits per heavy atom. The first-order chi connectivity index (χ1) is 13.2. The second kappa shape index (κ2) is 7.75. The summed E-state index contributed by atoms with van der Waals surface area (Å²) in [4.78, 5) is 14.7. The summed E-state index contributed by atoms with van der Waals surface area (Å²) in [6, 6.07) is 13.0. The van der Waals surface area contributed by atoms with Crippen LogP contribution in [0.1, 0.15) is 12.8 Å². The van der Waals surface area contributed by atoms with Crippen LogP contribution in [0.25, 0.3) is 5.82 Å². The zero-order chi connectivity index (χ0) is 18.6. The monoisotopic (exact) mass is 382 g/mol. The maximum atomic E-state index is 12.5. The Morgan fingerprint density at radius 3 is 2.44 bits per heavy atom. The van der Waals surface area contributed by atoms with E-state index in [0.29, 0.717) is 16.5 Å². The number of para-hydroxylation sites is 1. The molecule has 0 bridgehead atoms. The van der Waals surface area contributed by atoms with Crippen molar-refractivity contribution in [1.29, 1.82) is 0 Å². The van der Waals surface area contributed by atoms with E-state index in [9.17, 15) is 4.79 Å². The molecule has 27 heavy (non-hydrogen) atoms. The van der Waals surface area contributed by atoms with Gasteiger partial charge < -0.3 is 10.2 Å². The number of hydrogen-bond acceptors (Lipinski definition) is 5. The summed E-state index contributed by atoms with van der Waals surface area (Å²) >= 11 is 6.12. The summed E-state index contributed by atoms with van der Waals surface area (Å²) in [6.07, 6.45) is 5.05. The highest BCUT2D eigenvalue weighted by Crippen LogP contribution is 2.25. The van der Waals surface area contributed by atoms with Gasteiger partial charge in [-0.15, -0.1) is 10.2 Å². The Morgan fingerprint density at radius 1 is 1.04 bits per heavy atom. The smallest absolute Gasteiger partial charge is 0.227 e. The van der Waals surface area contributed by atoms with Gasteiger partial charge in [0.25, 0.3) is 0 Å². The van der Waals surface area contributed by atoms with Crippen LogP contribution >= 0.6 is 11.6 Å². The number of benzene rings is 1. The highest BCUT2D eigenvalue weighted by atomic mass is 35.5. The van der Waals surface area contributed by atoms with Crippen LogP contribution in [0.15, 0.2) is 54.9 Å². The molecular formula is C19H19ClN6O. The molecule has 1 aliphatic rings. The van der Waals surface area contributed by atoms with E-state index in [-0.39, 0.29) is 11.8 Å². The Bertz CT molecular complexity index is 904. The molecular weight excluding hydrogens is 364 g/mol. The van der Waals surface area contributed by atoms with E-state index in [0.717, 1.165) is 31.7 Å². The van der Waals surface area contributed by atoms with E-state index in [1.165, 1.54) is 0 Å². The second-order valence-electron chi connectivity index (χ2n) is 6.43. The predicted molar refractivity (Wildman–Crippen MR) is 104 cm³/mol. The average Bonchev–Trinajstić information content (AvgIpc) is 3.25. The molecule has 0 atom stereocenters. The number of hydrogen-bond donors (Lipinski definition) is 1. The summed E-state index contributed by atoms with van der Waals surface area (Å²) < 4.78 is 1.67. The summed E-state index contributed by atoms with van der Waals surface area (Å²) in [5.74, 6) is 1.48. The van der Waals surface area contributed by atoms with Gasteiger partial charge in [-0.1, -0.05) is 23.7 Å². The lowest BCUT2D eigenvalue weighted by atomic mass is 9.96. The molecule has 1 fully saturated rings. The molecule has 1 aliphatic heterocycles. The quantitative estimate of drug-likeness (QED) is 0.750. The first-order valence-corrected chi connectivity index (χ1v) is 9.22. The van der Waals surface area contributed by atoms with E-state index >= 15 is 0 Å². The number of nitrogens with zero attached hydrogens (tertiary/aromatic N) is 5. The molecule has 0 radical (unpaired) electrons. The first-order valence-electron chi connectivity index (χ1n) is 8.85. The maximum Gasteiger partial charge on any atom is 0.227 e. The summed E-state index contributed by atoms with van der Waals surface area (Å²) in [6.45, 7) is 1.52. The molecule has 0 unspecified atom stereocenters. The number of amides is 1. The molecule has 1 amide bonds. The van der Waals surface area contributed by atoms with Crippen molar-refractivity contribution >= 4 is 29.0 Å². The number of anilines is 2. The van der Waals surface area contributed by atoms with Gasteiger partial charge in [0.2, 0.25) is 5.91 Å². The van der Waals surface area contributed by atoms with Crippen molar-refractivity contribution in [1.82, 2.24) is 20.0 Å². The summed E-state index contributed by atoms with van der Waals surface area (Å²) in [5.41, 5.74) is 0.659. The van der Waals surface area contributed by atoms with Crippen LogP contribution in [0.5, 0.6) is 0 Å². The van der Waals surface area contributed by atoms with Crippen molar-refractivity contribution < 1.29 is 4.79 Å². The minimum Gasteiger partial charge on any atom is -0.355 e. The zero-order valence-electron chi connectivity index (χ0n) is 14.6. The Hall–Kier alpha value is -2.93. The third-order valence-corrected chi connectivity index (χ3v) is 5.03. The molecule has 1 N–H and O–H groups in total. The second-order valence-corrected chi connectivity index (χ2v) is 6.84. The van der Waals surface area contributed by atoms with Gasteiger partial charge in [0, 0.05) is 31.4 Å². The molecule has 3 heterocycles. The van der Waals surface area contributed by atoms with Gasteiger partial charge in [-0.05, 0) is 43.2 Å². The SMILES string of the molecule is O=C(Nc1ccccc1Cl)C1CCN(c2ccc(-n3cccn3)nn2)CC1. The summed E-state index contributed by atoms with van der Waals surface area (Å²) in [7, 11) is 0. The van der Waals surface area contributed by atoms with Crippen molar-refractivity contribution in [2.75, 3.05) is 23.3 Å². The lowest BCUT2D eigenvalue weighted by molar-refractivity contribution is -0.120. The Labute approximate surface area is 162 Å². The van der Waals surface area contributed by atoms with E-state index in [1.807, 2.05) is 42.6 Å². The van der Waals surface area contributed by atoms with Crippen molar-refractivity contribution in [3.8, 4) is 5.82 Å². The van der Waals surface area contributed by atoms with E-state index in [1.54, 1.807) is 16.9 Å². The lowest BCUT2D eigenvalue weighted by Crippen LogP contribution is -2.38. The van der Waals surface area contributed by atoms with Crippen molar-refractivity contribution in [2.24, 2.45) is 5.92 Å². The fourth-order valence-electron chi connectivity index (χ4n) is 3.18. The Kier molecular flexibility index (Phi) is 5.02. The highest BCUT2D eigenvalue weighted by Gasteiger charge is 2.26. The van der Waals surface area contributed by atoms with Crippen LogP contribution in [0, 0.1) is 5.92 Å². The number of nitrogens with one attached hydrogen (secondary N) is 1. The van der Waals surface area contributed by atoms with Crippen LogP contribution in [0.2, 0.25) is 5.02 Å². The molecule has 0 aliphatic carbocycles. The fourth-order valence-corrected chi connectivity index (χ4v) is 3.36. The van der Waals surface area contributed by atoms with Crippen LogP contribution in [0.4, 0.5) is 11.5 Å². The van der Waals surface area contributed by atoms with Crippen LogP contribution < -0.4 is 10.2 Å². The van der Waals surface area contributed by atoms with Crippen molar-refractivity contribution in [3.05, 3.63) is 59.9 Å². The molecule has 3 aromatic rings. The lowest BCUT2D eigenvalue weighted by Gasteiger charge is -2.31. The van der Waals surface area contributed by atoms with Gasteiger partial charge in [-0.3, -0.25) is 4.79 Å². The minimum atomic E-state index is -0.0335. The van der Waals surface area contributed by atoms with E-state index in [4.69, 9.17) is 11.6 Å². The van der Waals surface area contributed by atoms with Gasteiger partial charge >= 0.3 is 0 Å². The molecule has 2 aromatic heterocycles. The molecule has 1 saturated heterocycles. The van der Waals surface area contributed by atoms with Gasteiger partial charge in [-0.2, -0.15) is 5.10 Å². The highest BCUT2D eigenvalue weighted by molar-refractivity contribution is 6.33. The van der Waals surface area contributed by atoms with E-state index in [2.05, 4.69) is 25.5 Å². The fraction of sp³-hybridized carbons (Fsp3) is 0.263. The third kappa shape index (κ3) is 3.93. The van der Waals surface area contributed by atoms with Crippen LogP contribution in [0.3, 0.4) is 0 Å². The largest absolute Gasteiger partial charge is 0.355 e. The maximum absolute atomic E-state index is 12.5. The molecule has 0 saturated carbocycles. The van der Waals surface area contributed by atoms with Gasteiger partial charge in [0.05, 0.1) is 10.7 Å². The Balaban J connectivity index is 1.34. The van der Waals surface area contributed by atoms with Crippen LogP contribution in [-0.4, -0.2) is 39.0 Å². The van der Waals surface area contributed by atoms with Crippen LogP contribution in [-0.2, 0) is 4.79 Å². The molecule has 1 aromatic carbocycles. The number of aromatic nitrogens is 4. The zero-order valence-corrected chi connectivity index (χ0v) is 15.4. The topological polar surface area (TPSA) is 75.9 Å². The number of carbonyl (C=O) groups is 1. The van der Waals surface area contributed by atoms with Gasteiger partial charge in [-0.25, -0.2) is 4.68 Å². The molecule has 8 heteroatoms. The molecule has 4 rings (SSSR count). The number of halogens is 1. The van der Waals surface area contributed by atoms with Crippen molar-refractivity contribution in [3.63, 3.8) is 0 Å². The molecule has 0 spiro atoms. The van der Waals surface area contributed by atoms with Crippen molar-refractivity contribution in [2.45, 2.75) is 12.8 Å². The third-order valence-electron chi connectivity index (χ3n) is 4.70. The number of piperidine rings is 1. The normalized spacial score (nSPS) is 14.9. The summed E-state index contributed by atoms with van der Waals surface area (Å²) in [5, 5.41) is 16.2. The minimum absolute atomic E-state index is 0.0165. The molecule has 7 nitrogen and oxygen atoms in total. The number of rotatable bonds is 4. The average molecular weight is 383 g/mol. The molecule has 138 valence electrons. The first kappa shape index (κ1) is 17.5. The van der Waals surface area contributed by atoms with Gasteiger partial charge in [0.15, 0.2) is 11.6 Å². The van der Waals surface area contributed by atoms with E-state index < -0.39 is 0 Å².